The summed E-state index contributed by atoms with van der Waals surface area (Å²) < 4.78 is 0. The molecule has 1 aromatic carbocycles. The minimum atomic E-state index is -0.607. The van der Waals surface area contributed by atoms with Gasteiger partial charge in [0.2, 0.25) is 0 Å². The first kappa shape index (κ1) is 19.8. The van der Waals surface area contributed by atoms with Crippen LogP contribution in [0.4, 0.5) is 0 Å². The van der Waals surface area contributed by atoms with Crippen LogP contribution in [0.5, 0.6) is 0 Å². The van der Waals surface area contributed by atoms with Gasteiger partial charge in [-0.2, -0.15) is 11.8 Å². The van der Waals surface area contributed by atoms with Gasteiger partial charge < -0.3 is 15.3 Å². The number of rotatable bonds is 4. The summed E-state index contributed by atoms with van der Waals surface area (Å²) in [7, 11) is 0. The molecule has 2 atom stereocenters. The van der Waals surface area contributed by atoms with Crippen LogP contribution in [0.25, 0.3) is 0 Å². The molecular weight excluding hydrogens is 433 g/mol. The summed E-state index contributed by atoms with van der Waals surface area (Å²) >= 11 is 1.82. The van der Waals surface area contributed by atoms with Crippen LogP contribution in [-0.4, -0.2) is 59.3 Å². The molecular formula is C18H28IN3OS. The highest BCUT2D eigenvalue weighted by Gasteiger charge is 2.32. The molecule has 24 heavy (non-hydrogen) atoms. The minimum absolute atomic E-state index is 0. The van der Waals surface area contributed by atoms with Gasteiger partial charge in [0.1, 0.15) is 0 Å². The Balaban J connectivity index is 0.00000208. The minimum Gasteiger partial charge on any atom is -0.387 e. The number of guanidine groups is 1. The van der Waals surface area contributed by atoms with Gasteiger partial charge in [-0.3, -0.25) is 4.99 Å². The molecule has 1 aromatic rings. The molecule has 2 N–H and O–H groups in total. The summed E-state index contributed by atoms with van der Waals surface area (Å²) in [5.74, 6) is 3.38. The smallest absolute Gasteiger partial charge is 0.194 e. The van der Waals surface area contributed by atoms with Crippen LogP contribution in [0.3, 0.4) is 0 Å². The number of aliphatic imine (C=N–C) groups is 1. The van der Waals surface area contributed by atoms with Crippen molar-refractivity contribution in [2.75, 3.05) is 37.7 Å². The molecule has 4 nitrogen and oxygen atoms in total. The SMILES string of the molecule is CCNC(=NCC1(O)CCSC1)N1CCC(c2ccccc2)C1.I. The molecule has 134 valence electrons. The molecule has 2 aliphatic heterocycles. The molecule has 0 aliphatic carbocycles. The number of nitrogens with one attached hydrogen (secondary N) is 1. The van der Waals surface area contributed by atoms with Crippen molar-refractivity contribution < 1.29 is 5.11 Å². The van der Waals surface area contributed by atoms with Crippen molar-refractivity contribution in [3.63, 3.8) is 0 Å². The summed E-state index contributed by atoms with van der Waals surface area (Å²) in [5.41, 5.74) is 0.806. The average molecular weight is 461 g/mol. The maximum atomic E-state index is 10.5. The standard InChI is InChI=1S/C18H27N3OS.HI/c1-2-19-17(20-13-18(22)9-11-23-14-18)21-10-8-16(12-21)15-6-4-3-5-7-15;/h3-7,16,22H,2,8-14H2,1H3,(H,19,20);1H. The van der Waals surface area contributed by atoms with E-state index in [4.69, 9.17) is 4.99 Å². The first-order chi connectivity index (χ1) is 11.2. The highest BCUT2D eigenvalue weighted by Crippen LogP contribution is 2.29. The average Bonchev–Trinajstić information content (AvgIpc) is 3.22. The monoisotopic (exact) mass is 461 g/mol. The first-order valence-corrected chi connectivity index (χ1v) is 9.74. The zero-order valence-corrected chi connectivity index (χ0v) is 17.4. The van der Waals surface area contributed by atoms with Crippen molar-refractivity contribution >= 4 is 41.7 Å². The third-order valence-corrected chi connectivity index (χ3v) is 5.93. The van der Waals surface area contributed by atoms with E-state index in [-0.39, 0.29) is 24.0 Å². The van der Waals surface area contributed by atoms with Gasteiger partial charge in [0.15, 0.2) is 5.96 Å². The van der Waals surface area contributed by atoms with E-state index in [1.807, 2.05) is 11.8 Å². The molecule has 0 amide bonds. The molecule has 0 radical (unpaired) electrons. The third kappa shape index (κ3) is 5.02. The predicted molar refractivity (Wildman–Crippen MR) is 114 cm³/mol. The number of hydrogen-bond donors (Lipinski definition) is 2. The van der Waals surface area contributed by atoms with Crippen LogP contribution in [0, 0.1) is 0 Å². The second kappa shape index (κ2) is 9.29. The molecule has 2 heterocycles. The van der Waals surface area contributed by atoms with Crippen LogP contribution in [-0.2, 0) is 0 Å². The predicted octanol–water partition coefficient (Wildman–Crippen LogP) is 2.93. The Morgan fingerprint density at radius 3 is 2.88 bits per heavy atom. The number of likely N-dealkylation sites (tertiary alicyclic amines) is 1. The molecule has 2 fully saturated rings. The van der Waals surface area contributed by atoms with Gasteiger partial charge in [-0.25, -0.2) is 0 Å². The van der Waals surface area contributed by atoms with E-state index in [1.165, 1.54) is 5.56 Å². The fourth-order valence-corrected chi connectivity index (χ4v) is 4.60. The second-order valence-corrected chi connectivity index (χ2v) is 7.64. The molecule has 0 bridgehead atoms. The fourth-order valence-electron chi connectivity index (χ4n) is 3.32. The third-order valence-electron chi connectivity index (χ3n) is 4.70. The Labute approximate surface area is 166 Å². The van der Waals surface area contributed by atoms with Crippen LogP contribution in [0.1, 0.15) is 31.2 Å². The molecule has 0 saturated carbocycles. The van der Waals surface area contributed by atoms with Crippen molar-refractivity contribution in [3.05, 3.63) is 35.9 Å². The van der Waals surface area contributed by atoms with Gasteiger partial charge in [0.05, 0.1) is 12.1 Å². The number of benzene rings is 1. The summed E-state index contributed by atoms with van der Waals surface area (Å²) in [5, 5.41) is 13.9. The van der Waals surface area contributed by atoms with Crippen molar-refractivity contribution in [1.29, 1.82) is 0 Å². The summed E-state index contributed by atoms with van der Waals surface area (Å²) in [6, 6.07) is 10.7. The van der Waals surface area contributed by atoms with E-state index in [2.05, 4.69) is 47.5 Å². The number of nitrogens with zero attached hydrogens (tertiary/aromatic N) is 2. The van der Waals surface area contributed by atoms with Crippen LogP contribution in [0.2, 0.25) is 0 Å². The van der Waals surface area contributed by atoms with Crippen molar-refractivity contribution in [3.8, 4) is 0 Å². The number of aliphatic hydroxyl groups is 1. The van der Waals surface area contributed by atoms with E-state index in [0.717, 1.165) is 49.9 Å². The van der Waals surface area contributed by atoms with E-state index in [9.17, 15) is 5.11 Å². The van der Waals surface area contributed by atoms with Gasteiger partial charge in [-0.15, -0.1) is 24.0 Å². The maximum absolute atomic E-state index is 10.5. The normalized spacial score (nSPS) is 27.2. The first-order valence-electron chi connectivity index (χ1n) is 8.58. The van der Waals surface area contributed by atoms with Crippen LogP contribution in [0.15, 0.2) is 35.3 Å². The number of halogens is 1. The molecule has 0 aromatic heterocycles. The molecule has 0 spiro atoms. The molecule has 2 unspecified atom stereocenters. The molecule has 6 heteroatoms. The van der Waals surface area contributed by atoms with Gasteiger partial charge in [0, 0.05) is 31.3 Å². The second-order valence-electron chi connectivity index (χ2n) is 6.54. The lowest BCUT2D eigenvalue weighted by Gasteiger charge is -2.24. The lowest BCUT2D eigenvalue weighted by molar-refractivity contribution is 0.0776. The van der Waals surface area contributed by atoms with E-state index >= 15 is 0 Å². The largest absolute Gasteiger partial charge is 0.387 e. The number of thioether (sulfide) groups is 1. The highest BCUT2D eigenvalue weighted by atomic mass is 127. The Kier molecular flexibility index (Phi) is 7.68. The van der Waals surface area contributed by atoms with Crippen molar-refractivity contribution in [2.45, 2.75) is 31.3 Å². The van der Waals surface area contributed by atoms with Crippen molar-refractivity contribution in [1.82, 2.24) is 10.2 Å². The Morgan fingerprint density at radius 2 is 2.21 bits per heavy atom. The van der Waals surface area contributed by atoms with E-state index < -0.39 is 5.60 Å². The van der Waals surface area contributed by atoms with Gasteiger partial charge in [-0.1, -0.05) is 30.3 Å². The molecule has 3 rings (SSSR count). The Hall–Kier alpha value is -0.470. The van der Waals surface area contributed by atoms with Gasteiger partial charge in [-0.05, 0) is 31.1 Å². The number of hydrogen-bond acceptors (Lipinski definition) is 3. The van der Waals surface area contributed by atoms with Gasteiger partial charge in [0.25, 0.3) is 0 Å². The van der Waals surface area contributed by atoms with E-state index in [0.29, 0.717) is 12.5 Å². The molecule has 2 saturated heterocycles. The zero-order valence-electron chi connectivity index (χ0n) is 14.3. The quantitative estimate of drug-likeness (QED) is 0.412. The van der Waals surface area contributed by atoms with Crippen LogP contribution < -0.4 is 5.32 Å². The summed E-state index contributed by atoms with van der Waals surface area (Å²) in [6.07, 6.45) is 2.02. The Bertz CT molecular complexity index is 534. The fraction of sp³-hybridized carbons (Fsp3) is 0.611. The lowest BCUT2D eigenvalue weighted by atomic mass is 9.99. The Morgan fingerprint density at radius 1 is 1.42 bits per heavy atom. The highest BCUT2D eigenvalue weighted by molar-refractivity contribution is 14.0. The van der Waals surface area contributed by atoms with E-state index in [1.54, 1.807) is 0 Å². The zero-order chi connectivity index (χ0) is 16.1. The van der Waals surface area contributed by atoms with Crippen LogP contribution >= 0.6 is 35.7 Å². The lowest BCUT2D eigenvalue weighted by Crippen LogP contribution is -2.42. The van der Waals surface area contributed by atoms with Crippen molar-refractivity contribution in [2.24, 2.45) is 4.99 Å². The van der Waals surface area contributed by atoms with Gasteiger partial charge >= 0.3 is 0 Å². The summed E-state index contributed by atoms with van der Waals surface area (Å²) in [4.78, 5) is 7.09. The maximum Gasteiger partial charge on any atom is 0.194 e. The topological polar surface area (TPSA) is 47.9 Å². The molecule has 2 aliphatic rings. The summed E-state index contributed by atoms with van der Waals surface area (Å²) in [6.45, 7) is 5.50.